The van der Waals surface area contributed by atoms with Crippen LogP contribution in [0, 0.1) is 5.92 Å². The molecule has 0 rings (SSSR count). The SMILES string of the molecule is CCCCCC(CC)C(=O)OCCCC. The quantitative estimate of drug-likeness (QED) is 0.429. The average Bonchev–Trinajstić information content (AvgIpc) is 2.24. The van der Waals surface area contributed by atoms with Gasteiger partial charge >= 0.3 is 5.97 Å². The van der Waals surface area contributed by atoms with Gasteiger partial charge in [0, 0.05) is 0 Å². The molecule has 0 saturated carbocycles. The maximum absolute atomic E-state index is 11.6. The van der Waals surface area contributed by atoms with Crippen LogP contribution in [-0.4, -0.2) is 12.6 Å². The van der Waals surface area contributed by atoms with Crippen molar-refractivity contribution < 1.29 is 9.53 Å². The van der Waals surface area contributed by atoms with Crippen LogP contribution in [0.1, 0.15) is 65.7 Å². The highest BCUT2D eigenvalue weighted by molar-refractivity contribution is 5.72. The van der Waals surface area contributed by atoms with E-state index in [1.807, 2.05) is 0 Å². The molecule has 2 heteroatoms. The Hall–Kier alpha value is -0.530. The Kier molecular flexibility index (Phi) is 9.65. The molecule has 0 bridgehead atoms. The van der Waals surface area contributed by atoms with Crippen LogP contribution in [0.25, 0.3) is 0 Å². The first-order valence-corrected chi connectivity index (χ1v) is 6.42. The van der Waals surface area contributed by atoms with Gasteiger partial charge < -0.3 is 4.74 Å². The molecule has 0 aliphatic rings. The summed E-state index contributed by atoms with van der Waals surface area (Å²) in [7, 11) is 0. The maximum atomic E-state index is 11.6. The van der Waals surface area contributed by atoms with Gasteiger partial charge in [0.2, 0.25) is 0 Å². The molecule has 2 nitrogen and oxygen atoms in total. The van der Waals surface area contributed by atoms with Gasteiger partial charge in [-0.1, -0.05) is 46.5 Å². The van der Waals surface area contributed by atoms with Crippen LogP contribution in [0.2, 0.25) is 0 Å². The third kappa shape index (κ3) is 7.40. The number of rotatable bonds is 9. The number of carbonyl (C=O) groups is 1. The first-order chi connectivity index (χ1) is 7.26. The second kappa shape index (κ2) is 10.0. The van der Waals surface area contributed by atoms with Crippen molar-refractivity contribution in [2.45, 2.75) is 65.7 Å². The summed E-state index contributed by atoms with van der Waals surface area (Å²) in [6, 6.07) is 0. The highest BCUT2D eigenvalue weighted by Crippen LogP contribution is 2.15. The first-order valence-electron chi connectivity index (χ1n) is 6.42. The van der Waals surface area contributed by atoms with E-state index in [1.54, 1.807) is 0 Å². The Morgan fingerprint density at radius 2 is 1.73 bits per heavy atom. The Bertz CT molecular complexity index is 155. The molecule has 0 fully saturated rings. The van der Waals surface area contributed by atoms with E-state index < -0.39 is 0 Å². The zero-order valence-electron chi connectivity index (χ0n) is 10.6. The van der Waals surface area contributed by atoms with E-state index in [2.05, 4.69) is 20.8 Å². The minimum absolute atomic E-state index is 0.0158. The molecule has 0 N–H and O–H groups in total. The van der Waals surface area contributed by atoms with Crippen LogP contribution < -0.4 is 0 Å². The van der Waals surface area contributed by atoms with Crippen LogP contribution >= 0.6 is 0 Å². The molecule has 0 aromatic heterocycles. The molecule has 0 saturated heterocycles. The molecular formula is C13H26O2. The van der Waals surface area contributed by atoms with Gasteiger partial charge in [-0.15, -0.1) is 0 Å². The van der Waals surface area contributed by atoms with Crippen molar-refractivity contribution in [3.05, 3.63) is 0 Å². The largest absolute Gasteiger partial charge is 0.465 e. The Morgan fingerprint density at radius 3 is 2.27 bits per heavy atom. The van der Waals surface area contributed by atoms with Gasteiger partial charge in [0.25, 0.3) is 0 Å². The van der Waals surface area contributed by atoms with Crippen molar-refractivity contribution in [2.75, 3.05) is 6.61 Å². The lowest BCUT2D eigenvalue weighted by atomic mass is 9.99. The van der Waals surface area contributed by atoms with Gasteiger partial charge in [-0.05, 0) is 19.3 Å². The molecule has 0 radical (unpaired) electrons. The van der Waals surface area contributed by atoms with Crippen molar-refractivity contribution >= 4 is 5.97 Å². The zero-order valence-corrected chi connectivity index (χ0v) is 10.6. The third-order valence-electron chi connectivity index (χ3n) is 2.72. The van der Waals surface area contributed by atoms with Crippen molar-refractivity contribution in [3.63, 3.8) is 0 Å². The normalized spacial score (nSPS) is 12.5. The van der Waals surface area contributed by atoms with E-state index in [9.17, 15) is 4.79 Å². The predicted octanol–water partition coefficient (Wildman–Crippen LogP) is 3.94. The molecule has 0 aromatic carbocycles. The summed E-state index contributed by atoms with van der Waals surface area (Å²) in [4.78, 5) is 11.6. The van der Waals surface area contributed by atoms with E-state index in [0.717, 1.165) is 32.1 Å². The number of carbonyl (C=O) groups excluding carboxylic acids is 1. The highest BCUT2D eigenvalue weighted by atomic mass is 16.5. The van der Waals surface area contributed by atoms with Gasteiger partial charge in [0.15, 0.2) is 0 Å². The monoisotopic (exact) mass is 214 g/mol. The molecule has 0 aliphatic carbocycles. The van der Waals surface area contributed by atoms with E-state index in [0.29, 0.717) is 6.61 Å². The van der Waals surface area contributed by atoms with E-state index >= 15 is 0 Å². The van der Waals surface area contributed by atoms with Crippen LogP contribution in [0.3, 0.4) is 0 Å². The number of ether oxygens (including phenoxy) is 1. The molecule has 15 heavy (non-hydrogen) atoms. The lowest BCUT2D eigenvalue weighted by Gasteiger charge is -2.13. The van der Waals surface area contributed by atoms with E-state index in [4.69, 9.17) is 4.74 Å². The average molecular weight is 214 g/mol. The minimum Gasteiger partial charge on any atom is -0.465 e. The fourth-order valence-electron chi connectivity index (χ4n) is 1.56. The molecular weight excluding hydrogens is 188 g/mol. The highest BCUT2D eigenvalue weighted by Gasteiger charge is 2.16. The van der Waals surface area contributed by atoms with Crippen molar-refractivity contribution in [1.82, 2.24) is 0 Å². The second-order valence-corrected chi connectivity index (χ2v) is 4.12. The summed E-state index contributed by atoms with van der Waals surface area (Å²) in [5.74, 6) is 0.149. The molecule has 0 spiro atoms. The van der Waals surface area contributed by atoms with Gasteiger partial charge in [0.1, 0.15) is 0 Å². The summed E-state index contributed by atoms with van der Waals surface area (Å²) in [6.45, 7) is 6.95. The number of unbranched alkanes of at least 4 members (excludes halogenated alkanes) is 3. The lowest BCUT2D eigenvalue weighted by Crippen LogP contribution is -2.17. The smallest absolute Gasteiger partial charge is 0.308 e. The number of hydrogen-bond donors (Lipinski definition) is 0. The van der Waals surface area contributed by atoms with Crippen LogP contribution in [0.4, 0.5) is 0 Å². The Balaban J connectivity index is 3.67. The Morgan fingerprint density at radius 1 is 1.07 bits per heavy atom. The summed E-state index contributed by atoms with van der Waals surface area (Å²) in [5.41, 5.74) is 0. The molecule has 90 valence electrons. The maximum Gasteiger partial charge on any atom is 0.308 e. The molecule has 0 aliphatic heterocycles. The zero-order chi connectivity index (χ0) is 11.5. The van der Waals surface area contributed by atoms with Gasteiger partial charge in [0.05, 0.1) is 12.5 Å². The summed E-state index contributed by atoms with van der Waals surface area (Å²) in [5, 5.41) is 0. The third-order valence-corrected chi connectivity index (χ3v) is 2.72. The van der Waals surface area contributed by atoms with E-state index in [1.165, 1.54) is 12.8 Å². The standard InChI is InChI=1S/C13H26O2/c1-4-7-9-10-12(6-3)13(14)15-11-8-5-2/h12H,4-11H2,1-3H3. The van der Waals surface area contributed by atoms with Crippen molar-refractivity contribution in [1.29, 1.82) is 0 Å². The Labute approximate surface area is 94.4 Å². The topological polar surface area (TPSA) is 26.3 Å². The molecule has 0 amide bonds. The van der Waals surface area contributed by atoms with Crippen molar-refractivity contribution in [2.24, 2.45) is 5.92 Å². The first kappa shape index (κ1) is 14.5. The summed E-state index contributed by atoms with van der Waals surface area (Å²) < 4.78 is 5.23. The van der Waals surface area contributed by atoms with Crippen molar-refractivity contribution in [3.8, 4) is 0 Å². The second-order valence-electron chi connectivity index (χ2n) is 4.12. The van der Waals surface area contributed by atoms with E-state index in [-0.39, 0.29) is 11.9 Å². The fourth-order valence-corrected chi connectivity index (χ4v) is 1.56. The summed E-state index contributed by atoms with van der Waals surface area (Å²) in [6.07, 6.45) is 7.55. The molecule has 0 heterocycles. The summed E-state index contributed by atoms with van der Waals surface area (Å²) >= 11 is 0. The van der Waals surface area contributed by atoms with Crippen LogP contribution in [-0.2, 0) is 9.53 Å². The molecule has 1 unspecified atom stereocenters. The molecule has 1 atom stereocenters. The van der Waals surface area contributed by atoms with Gasteiger partial charge in [-0.3, -0.25) is 4.79 Å². The van der Waals surface area contributed by atoms with Gasteiger partial charge in [-0.2, -0.15) is 0 Å². The van der Waals surface area contributed by atoms with Gasteiger partial charge in [-0.25, -0.2) is 0 Å². The fraction of sp³-hybridized carbons (Fsp3) is 0.923. The number of esters is 1. The minimum atomic E-state index is 0.0158. The number of hydrogen-bond acceptors (Lipinski definition) is 2. The molecule has 0 aromatic rings. The van der Waals surface area contributed by atoms with Crippen LogP contribution in [0.15, 0.2) is 0 Å². The lowest BCUT2D eigenvalue weighted by molar-refractivity contribution is -0.149. The predicted molar refractivity (Wildman–Crippen MR) is 63.8 cm³/mol. The van der Waals surface area contributed by atoms with Crippen LogP contribution in [0.5, 0.6) is 0 Å².